The molecule has 0 aliphatic heterocycles. The average molecular weight is 373 g/mol. The second kappa shape index (κ2) is 7.59. The number of hydrogen-bond donors (Lipinski definition) is 3. The summed E-state index contributed by atoms with van der Waals surface area (Å²) in [6, 6.07) is 14.9. The van der Waals surface area contributed by atoms with Gasteiger partial charge in [0.05, 0.1) is 11.5 Å². The molecule has 3 rings (SSSR count). The van der Waals surface area contributed by atoms with Gasteiger partial charge in [-0.25, -0.2) is 8.42 Å². The third kappa shape index (κ3) is 4.04. The number of fused-ring (bicyclic) bond motifs is 1. The molecule has 0 aliphatic carbocycles. The van der Waals surface area contributed by atoms with E-state index in [1.54, 1.807) is 49.6 Å². The molecule has 1 aromatic heterocycles. The number of methoxy groups -OCH3 is 1. The molecule has 0 unspecified atom stereocenters. The second-order valence-corrected chi connectivity index (χ2v) is 7.33. The van der Waals surface area contributed by atoms with Gasteiger partial charge in [0.25, 0.3) is 15.9 Å². The summed E-state index contributed by atoms with van der Waals surface area (Å²) in [6.45, 7) is 0.838. The molecule has 0 saturated heterocycles. The third-order valence-corrected chi connectivity index (χ3v) is 5.16. The van der Waals surface area contributed by atoms with Crippen LogP contribution in [-0.2, 0) is 14.8 Å². The Bertz CT molecular complexity index is 1010. The van der Waals surface area contributed by atoms with Gasteiger partial charge in [0, 0.05) is 30.2 Å². The maximum atomic E-state index is 12.4. The van der Waals surface area contributed by atoms with Crippen LogP contribution in [0.3, 0.4) is 0 Å². The van der Waals surface area contributed by atoms with E-state index in [0.717, 1.165) is 10.9 Å². The Morgan fingerprint density at radius 3 is 2.62 bits per heavy atom. The van der Waals surface area contributed by atoms with Crippen LogP contribution in [0.4, 0.5) is 5.69 Å². The minimum absolute atomic E-state index is 0.187. The molecular formula is C18H19N3O4S. The van der Waals surface area contributed by atoms with E-state index in [4.69, 9.17) is 4.74 Å². The summed E-state index contributed by atoms with van der Waals surface area (Å²) < 4.78 is 32.2. The molecule has 0 radical (unpaired) electrons. The highest BCUT2D eigenvalue weighted by molar-refractivity contribution is 7.92. The molecule has 7 nitrogen and oxygen atoms in total. The van der Waals surface area contributed by atoms with Gasteiger partial charge in [0.15, 0.2) is 0 Å². The lowest BCUT2D eigenvalue weighted by Gasteiger charge is -2.07. The maximum Gasteiger partial charge on any atom is 0.267 e. The Balaban J connectivity index is 1.80. The predicted molar refractivity (Wildman–Crippen MR) is 99.8 cm³/mol. The zero-order valence-electron chi connectivity index (χ0n) is 14.2. The fraction of sp³-hybridized carbons (Fsp3) is 0.167. The number of aromatic nitrogens is 1. The summed E-state index contributed by atoms with van der Waals surface area (Å²) in [5.74, 6) is -0.246. The Morgan fingerprint density at radius 1 is 1.12 bits per heavy atom. The Hall–Kier alpha value is -2.84. The topological polar surface area (TPSA) is 100 Å². The normalized spacial score (nSPS) is 11.4. The molecule has 0 fully saturated rings. The highest BCUT2D eigenvalue weighted by Gasteiger charge is 2.14. The molecule has 26 heavy (non-hydrogen) atoms. The largest absolute Gasteiger partial charge is 0.383 e. The first-order chi connectivity index (χ1) is 12.5. The summed E-state index contributed by atoms with van der Waals surface area (Å²) in [4.78, 5) is 15.3. The van der Waals surface area contributed by atoms with Crippen LogP contribution in [0.1, 0.15) is 10.5 Å². The average Bonchev–Trinajstić information content (AvgIpc) is 3.06. The van der Waals surface area contributed by atoms with Crippen LogP contribution >= 0.6 is 0 Å². The van der Waals surface area contributed by atoms with Gasteiger partial charge in [0.1, 0.15) is 5.69 Å². The number of hydrogen-bond acceptors (Lipinski definition) is 4. The molecule has 0 saturated carbocycles. The SMILES string of the molecule is COCCNC(=O)c1cc2cc(NS(=O)(=O)c3ccccc3)ccc2[nH]1. The minimum Gasteiger partial charge on any atom is -0.383 e. The van der Waals surface area contributed by atoms with Gasteiger partial charge >= 0.3 is 0 Å². The van der Waals surface area contributed by atoms with Gasteiger partial charge in [-0.15, -0.1) is 0 Å². The summed E-state index contributed by atoms with van der Waals surface area (Å²) >= 11 is 0. The van der Waals surface area contributed by atoms with Gasteiger partial charge in [-0.3, -0.25) is 9.52 Å². The van der Waals surface area contributed by atoms with Gasteiger partial charge in [-0.2, -0.15) is 0 Å². The summed E-state index contributed by atoms with van der Waals surface area (Å²) in [5, 5.41) is 3.46. The number of anilines is 1. The molecule has 0 bridgehead atoms. The van der Waals surface area contributed by atoms with Crippen molar-refractivity contribution >= 4 is 32.5 Å². The fourth-order valence-corrected chi connectivity index (χ4v) is 3.56. The first kappa shape index (κ1) is 18.0. The van der Waals surface area contributed by atoms with E-state index in [1.807, 2.05) is 0 Å². The number of rotatable bonds is 7. The van der Waals surface area contributed by atoms with Gasteiger partial charge < -0.3 is 15.0 Å². The lowest BCUT2D eigenvalue weighted by atomic mass is 10.2. The first-order valence-corrected chi connectivity index (χ1v) is 9.46. The second-order valence-electron chi connectivity index (χ2n) is 5.65. The van der Waals surface area contributed by atoms with Crippen LogP contribution < -0.4 is 10.0 Å². The zero-order valence-corrected chi connectivity index (χ0v) is 15.0. The van der Waals surface area contributed by atoms with Gasteiger partial charge in [-0.05, 0) is 36.4 Å². The molecule has 3 aromatic rings. The van der Waals surface area contributed by atoms with Crippen molar-refractivity contribution in [2.75, 3.05) is 25.0 Å². The van der Waals surface area contributed by atoms with Crippen LogP contribution in [0.2, 0.25) is 0 Å². The van der Waals surface area contributed by atoms with Crippen molar-refractivity contribution in [2.24, 2.45) is 0 Å². The number of H-pyrrole nitrogens is 1. The molecule has 1 amide bonds. The lowest BCUT2D eigenvalue weighted by Crippen LogP contribution is -2.27. The monoisotopic (exact) mass is 373 g/mol. The Kier molecular flexibility index (Phi) is 5.24. The van der Waals surface area contributed by atoms with E-state index in [2.05, 4.69) is 15.0 Å². The van der Waals surface area contributed by atoms with Crippen molar-refractivity contribution in [3.63, 3.8) is 0 Å². The number of carbonyl (C=O) groups is 1. The number of benzene rings is 2. The van der Waals surface area contributed by atoms with Crippen molar-refractivity contribution in [1.29, 1.82) is 0 Å². The van der Waals surface area contributed by atoms with Crippen molar-refractivity contribution in [3.05, 3.63) is 60.3 Å². The van der Waals surface area contributed by atoms with Gasteiger partial charge in [0.2, 0.25) is 0 Å². The number of aromatic amines is 1. The fourth-order valence-electron chi connectivity index (χ4n) is 2.49. The van der Waals surface area contributed by atoms with Crippen molar-refractivity contribution in [1.82, 2.24) is 10.3 Å². The smallest absolute Gasteiger partial charge is 0.267 e. The van der Waals surface area contributed by atoms with Crippen LogP contribution in [0.15, 0.2) is 59.5 Å². The van der Waals surface area contributed by atoms with E-state index in [-0.39, 0.29) is 10.8 Å². The first-order valence-electron chi connectivity index (χ1n) is 7.97. The number of amides is 1. The molecule has 0 spiro atoms. The van der Waals surface area contributed by atoms with E-state index in [1.165, 1.54) is 12.1 Å². The lowest BCUT2D eigenvalue weighted by molar-refractivity contribution is 0.0933. The number of carbonyl (C=O) groups excluding carboxylic acids is 1. The Labute approximate surface area is 151 Å². The number of nitrogens with one attached hydrogen (secondary N) is 3. The van der Waals surface area contributed by atoms with Crippen molar-refractivity contribution in [3.8, 4) is 0 Å². The molecule has 0 aliphatic rings. The molecule has 3 N–H and O–H groups in total. The molecule has 8 heteroatoms. The van der Waals surface area contributed by atoms with Crippen LogP contribution in [-0.4, -0.2) is 39.6 Å². The highest BCUT2D eigenvalue weighted by atomic mass is 32.2. The quantitative estimate of drug-likeness (QED) is 0.554. The summed E-state index contributed by atoms with van der Waals surface area (Å²) in [7, 11) is -2.10. The third-order valence-electron chi connectivity index (χ3n) is 3.76. The van der Waals surface area contributed by atoms with E-state index < -0.39 is 10.0 Å². The minimum atomic E-state index is -3.66. The molecular weight excluding hydrogens is 354 g/mol. The highest BCUT2D eigenvalue weighted by Crippen LogP contribution is 2.22. The molecule has 2 aromatic carbocycles. The van der Waals surface area contributed by atoms with Crippen molar-refractivity contribution in [2.45, 2.75) is 4.90 Å². The van der Waals surface area contributed by atoms with E-state index in [9.17, 15) is 13.2 Å². The standard InChI is InChI=1S/C18H19N3O4S/c1-25-10-9-19-18(22)17-12-13-11-14(7-8-16(13)20-17)21-26(23,24)15-5-3-2-4-6-15/h2-8,11-12,20-21H,9-10H2,1H3,(H,19,22). The summed E-state index contributed by atoms with van der Waals surface area (Å²) in [6.07, 6.45) is 0. The van der Waals surface area contributed by atoms with Crippen LogP contribution in [0, 0.1) is 0 Å². The van der Waals surface area contributed by atoms with Crippen LogP contribution in [0.5, 0.6) is 0 Å². The summed E-state index contributed by atoms with van der Waals surface area (Å²) in [5.41, 5.74) is 1.57. The molecule has 1 heterocycles. The number of ether oxygens (including phenoxy) is 1. The molecule has 0 atom stereocenters. The van der Waals surface area contributed by atoms with Crippen LogP contribution in [0.25, 0.3) is 10.9 Å². The van der Waals surface area contributed by atoms with E-state index >= 15 is 0 Å². The van der Waals surface area contributed by atoms with E-state index in [0.29, 0.717) is 24.5 Å². The maximum absolute atomic E-state index is 12.4. The van der Waals surface area contributed by atoms with Crippen molar-refractivity contribution < 1.29 is 17.9 Å². The zero-order chi connectivity index (χ0) is 18.6. The number of sulfonamides is 1. The van der Waals surface area contributed by atoms with Gasteiger partial charge in [-0.1, -0.05) is 18.2 Å². The molecule has 136 valence electrons. The predicted octanol–water partition coefficient (Wildman–Crippen LogP) is 2.34. The Morgan fingerprint density at radius 2 is 1.88 bits per heavy atom.